The number of rotatable bonds is 3. The van der Waals surface area contributed by atoms with Gasteiger partial charge in [0.1, 0.15) is 11.0 Å². The van der Waals surface area contributed by atoms with Gasteiger partial charge in [-0.1, -0.05) is 17.7 Å². The van der Waals surface area contributed by atoms with Crippen LogP contribution in [0.5, 0.6) is 0 Å². The smallest absolute Gasteiger partial charge is 0.256 e. The molecule has 1 amide bonds. The van der Waals surface area contributed by atoms with Crippen LogP contribution in [0.15, 0.2) is 48.5 Å². The summed E-state index contributed by atoms with van der Waals surface area (Å²) >= 11 is 5.88. The molecule has 1 N–H and O–H groups in total. The van der Waals surface area contributed by atoms with Gasteiger partial charge in [0, 0.05) is 30.7 Å². The topological polar surface area (TPSA) is 58.1 Å². The number of anilines is 2. The van der Waals surface area contributed by atoms with E-state index >= 15 is 0 Å². The number of amides is 1. The highest BCUT2D eigenvalue weighted by Gasteiger charge is 2.09. The fourth-order valence-corrected chi connectivity index (χ4v) is 2.30. The molecule has 5 nitrogen and oxygen atoms in total. The number of pyridine rings is 2. The molecule has 0 unspecified atom stereocenters. The van der Waals surface area contributed by atoms with Gasteiger partial charge in [0.2, 0.25) is 0 Å². The molecule has 0 spiro atoms. The normalized spacial score (nSPS) is 10.6. The molecule has 0 aliphatic rings. The molecule has 6 heteroatoms. The second kappa shape index (κ2) is 6.22. The Labute approximate surface area is 138 Å². The number of carbonyl (C=O) groups excluding carboxylic acids is 1. The number of carbonyl (C=O) groups is 1. The fraction of sp³-hybridized carbons (Fsp3) is 0.118. The predicted octanol–water partition coefficient (Wildman–Crippen LogP) is 3.60. The average Bonchev–Trinajstić information content (AvgIpc) is 2.54. The highest BCUT2D eigenvalue weighted by Crippen LogP contribution is 2.18. The lowest BCUT2D eigenvalue weighted by Crippen LogP contribution is -2.15. The molecule has 0 fully saturated rings. The number of hydrogen-bond acceptors (Lipinski definition) is 4. The van der Waals surface area contributed by atoms with Crippen molar-refractivity contribution in [2.45, 2.75) is 0 Å². The van der Waals surface area contributed by atoms with Crippen LogP contribution < -0.4 is 10.2 Å². The van der Waals surface area contributed by atoms with Gasteiger partial charge >= 0.3 is 0 Å². The number of nitrogens with one attached hydrogen (secondary N) is 1. The van der Waals surface area contributed by atoms with Crippen molar-refractivity contribution in [3.8, 4) is 0 Å². The van der Waals surface area contributed by atoms with E-state index in [-0.39, 0.29) is 5.91 Å². The number of aromatic nitrogens is 2. The molecule has 116 valence electrons. The van der Waals surface area contributed by atoms with Crippen LogP contribution in [0.4, 0.5) is 11.5 Å². The van der Waals surface area contributed by atoms with Gasteiger partial charge in [-0.3, -0.25) is 4.79 Å². The maximum atomic E-state index is 12.4. The zero-order valence-corrected chi connectivity index (χ0v) is 13.5. The summed E-state index contributed by atoms with van der Waals surface area (Å²) in [4.78, 5) is 22.8. The number of hydrogen-bond donors (Lipinski definition) is 1. The van der Waals surface area contributed by atoms with E-state index in [2.05, 4.69) is 15.3 Å². The van der Waals surface area contributed by atoms with Crippen LogP contribution in [-0.4, -0.2) is 30.0 Å². The van der Waals surface area contributed by atoms with E-state index < -0.39 is 0 Å². The Balaban J connectivity index is 1.86. The monoisotopic (exact) mass is 326 g/mol. The molecule has 0 aliphatic carbocycles. The zero-order valence-electron chi connectivity index (χ0n) is 12.7. The summed E-state index contributed by atoms with van der Waals surface area (Å²) in [5.41, 5.74) is 2.02. The first-order chi connectivity index (χ1) is 11.0. The molecule has 2 aromatic heterocycles. The Hall–Kier alpha value is -2.66. The maximum Gasteiger partial charge on any atom is 0.256 e. The third-order valence-corrected chi connectivity index (χ3v) is 3.60. The lowest BCUT2D eigenvalue weighted by molar-refractivity contribution is 0.102. The second-order valence-corrected chi connectivity index (χ2v) is 5.66. The molecule has 3 aromatic rings. The van der Waals surface area contributed by atoms with Gasteiger partial charge in [-0.15, -0.1) is 0 Å². The summed E-state index contributed by atoms with van der Waals surface area (Å²) in [7, 11) is 3.86. The molecule has 0 saturated carbocycles. The highest BCUT2D eigenvalue weighted by atomic mass is 35.5. The number of halogens is 1. The summed E-state index contributed by atoms with van der Waals surface area (Å²) in [6.07, 6.45) is 0. The average molecular weight is 327 g/mol. The first-order valence-corrected chi connectivity index (χ1v) is 7.43. The molecule has 1 aromatic carbocycles. The number of nitrogens with zero attached hydrogens (tertiary/aromatic N) is 3. The van der Waals surface area contributed by atoms with Crippen molar-refractivity contribution in [3.63, 3.8) is 0 Å². The van der Waals surface area contributed by atoms with Gasteiger partial charge in [0.15, 0.2) is 5.65 Å². The van der Waals surface area contributed by atoms with Crippen LogP contribution in [0, 0.1) is 0 Å². The van der Waals surface area contributed by atoms with E-state index in [1.54, 1.807) is 18.2 Å². The molecule has 0 saturated heterocycles. The summed E-state index contributed by atoms with van der Waals surface area (Å²) < 4.78 is 0. The minimum atomic E-state index is -0.220. The SMILES string of the molecule is CN(C)c1cccc(C(=O)Nc2ccc3ccc(Cl)nc3n2)c1. The van der Waals surface area contributed by atoms with E-state index in [1.807, 2.05) is 49.3 Å². The van der Waals surface area contributed by atoms with Crippen molar-refractivity contribution < 1.29 is 4.79 Å². The van der Waals surface area contributed by atoms with Crippen molar-refractivity contribution in [2.75, 3.05) is 24.3 Å². The third-order valence-electron chi connectivity index (χ3n) is 3.38. The second-order valence-electron chi connectivity index (χ2n) is 5.28. The van der Waals surface area contributed by atoms with E-state index in [1.165, 1.54) is 0 Å². The molecule has 0 bridgehead atoms. The Morgan fingerprint density at radius 1 is 1.09 bits per heavy atom. The minimum absolute atomic E-state index is 0.220. The van der Waals surface area contributed by atoms with Gasteiger partial charge in [-0.05, 0) is 42.5 Å². The molecule has 3 rings (SSSR count). The van der Waals surface area contributed by atoms with E-state index in [9.17, 15) is 4.79 Å². The van der Waals surface area contributed by atoms with Crippen LogP contribution in [0.3, 0.4) is 0 Å². The molecule has 0 atom stereocenters. The van der Waals surface area contributed by atoms with Crippen molar-refractivity contribution in [3.05, 3.63) is 59.2 Å². The first kappa shape index (κ1) is 15.2. The predicted molar refractivity (Wildman–Crippen MR) is 93.3 cm³/mol. The van der Waals surface area contributed by atoms with Crippen LogP contribution in [0.1, 0.15) is 10.4 Å². The third kappa shape index (κ3) is 3.40. The van der Waals surface area contributed by atoms with Gasteiger partial charge in [-0.2, -0.15) is 0 Å². The standard InChI is InChI=1S/C17H15ClN4O/c1-22(2)13-5-3-4-12(10-13)17(23)21-15-9-7-11-6-8-14(18)19-16(11)20-15/h3-10H,1-2H3,(H,19,20,21,23). The molecule has 0 radical (unpaired) electrons. The van der Waals surface area contributed by atoms with Crippen LogP contribution in [0.25, 0.3) is 11.0 Å². The molecular weight excluding hydrogens is 312 g/mol. The maximum absolute atomic E-state index is 12.4. The van der Waals surface area contributed by atoms with Gasteiger partial charge in [0.25, 0.3) is 5.91 Å². The van der Waals surface area contributed by atoms with Crippen LogP contribution in [0.2, 0.25) is 5.15 Å². The summed E-state index contributed by atoms with van der Waals surface area (Å²) in [5, 5.41) is 4.02. The first-order valence-electron chi connectivity index (χ1n) is 7.05. The largest absolute Gasteiger partial charge is 0.378 e. The highest BCUT2D eigenvalue weighted by molar-refractivity contribution is 6.29. The minimum Gasteiger partial charge on any atom is -0.378 e. The summed E-state index contributed by atoms with van der Waals surface area (Å²) in [6.45, 7) is 0. The Bertz CT molecular complexity index is 879. The van der Waals surface area contributed by atoms with Crippen molar-refractivity contribution in [1.82, 2.24) is 9.97 Å². The lowest BCUT2D eigenvalue weighted by atomic mass is 10.2. The molecule has 2 heterocycles. The number of benzene rings is 1. The van der Waals surface area contributed by atoms with Crippen molar-refractivity contribution in [2.24, 2.45) is 0 Å². The molecule has 0 aliphatic heterocycles. The summed E-state index contributed by atoms with van der Waals surface area (Å²) in [5.74, 6) is 0.218. The van der Waals surface area contributed by atoms with Gasteiger partial charge < -0.3 is 10.2 Å². The molecular formula is C17H15ClN4O. The van der Waals surface area contributed by atoms with Crippen LogP contribution in [-0.2, 0) is 0 Å². The zero-order chi connectivity index (χ0) is 16.4. The Morgan fingerprint density at radius 2 is 1.87 bits per heavy atom. The number of fused-ring (bicyclic) bond motifs is 1. The summed E-state index contributed by atoms with van der Waals surface area (Å²) in [6, 6.07) is 14.5. The van der Waals surface area contributed by atoms with Crippen LogP contribution >= 0.6 is 11.6 Å². The van der Waals surface area contributed by atoms with Gasteiger partial charge in [0.05, 0.1) is 0 Å². The van der Waals surface area contributed by atoms with E-state index in [0.29, 0.717) is 22.2 Å². The van der Waals surface area contributed by atoms with Crippen molar-refractivity contribution in [1.29, 1.82) is 0 Å². The Morgan fingerprint density at radius 3 is 2.65 bits per heavy atom. The van der Waals surface area contributed by atoms with E-state index in [0.717, 1.165) is 11.1 Å². The quantitative estimate of drug-likeness (QED) is 0.747. The van der Waals surface area contributed by atoms with E-state index in [4.69, 9.17) is 11.6 Å². The molecule has 23 heavy (non-hydrogen) atoms. The van der Waals surface area contributed by atoms with Crippen molar-refractivity contribution >= 4 is 40.0 Å². The lowest BCUT2D eigenvalue weighted by Gasteiger charge is -2.13. The fourth-order valence-electron chi connectivity index (χ4n) is 2.16. The van der Waals surface area contributed by atoms with Gasteiger partial charge in [-0.25, -0.2) is 9.97 Å². The Kier molecular flexibility index (Phi) is 4.12.